The van der Waals surface area contributed by atoms with E-state index in [0.717, 1.165) is 48.6 Å². The molecule has 1 aromatic carbocycles. The molecule has 2 aromatic rings. The standard InChI is InChI=1S/C20H25N3O2/c1-15-7-8-19(25-2)18(11-15)22-17-12-16(13-21-14-17)20(24)23-9-5-3-4-6-10-23/h7-8,11-14,22H,3-6,9-10H2,1-2H3. The molecule has 25 heavy (non-hydrogen) atoms. The number of hydrogen-bond acceptors (Lipinski definition) is 4. The summed E-state index contributed by atoms with van der Waals surface area (Å²) in [5.74, 6) is 0.823. The molecule has 0 radical (unpaired) electrons. The van der Waals surface area contributed by atoms with Crippen LogP contribution in [0.4, 0.5) is 11.4 Å². The number of methoxy groups -OCH3 is 1. The summed E-state index contributed by atoms with van der Waals surface area (Å²) in [7, 11) is 1.65. The first-order valence-corrected chi connectivity index (χ1v) is 8.83. The lowest BCUT2D eigenvalue weighted by molar-refractivity contribution is 0.0761. The quantitative estimate of drug-likeness (QED) is 0.909. The number of carbonyl (C=O) groups excluding carboxylic acids is 1. The molecule has 0 aliphatic carbocycles. The maximum absolute atomic E-state index is 12.8. The van der Waals surface area contributed by atoms with E-state index in [4.69, 9.17) is 4.74 Å². The number of aromatic nitrogens is 1. The third-order valence-electron chi connectivity index (χ3n) is 4.51. The van der Waals surface area contributed by atoms with Crippen LogP contribution < -0.4 is 10.1 Å². The lowest BCUT2D eigenvalue weighted by Crippen LogP contribution is -2.31. The zero-order valence-corrected chi connectivity index (χ0v) is 14.9. The molecule has 3 rings (SSSR count). The van der Waals surface area contributed by atoms with Gasteiger partial charge >= 0.3 is 0 Å². The summed E-state index contributed by atoms with van der Waals surface area (Å²) in [6.07, 6.45) is 7.94. The van der Waals surface area contributed by atoms with Crippen LogP contribution >= 0.6 is 0 Å². The van der Waals surface area contributed by atoms with Gasteiger partial charge in [-0.05, 0) is 43.5 Å². The minimum atomic E-state index is 0.0641. The lowest BCUT2D eigenvalue weighted by Gasteiger charge is -2.20. The molecule has 5 nitrogen and oxygen atoms in total. The van der Waals surface area contributed by atoms with Crippen molar-refractivity contribution < 1.29 is 9.53 Å². The van der Waals surface area contributed by atoms with Crippen LogP contribution in [0.5, 0.6) is 5.75 Å². The van der Waals surface area contributed by atoms with Gasteiger partial charge in [-0.1, -0.05) is 18.9 Å². The Kier molecular flexibility index (Phi) is 5.53. The summed E-state index contributed by atoms with van der Waals surface area (Å²) >= 11 is 0. The van der Waals surface area contributed by atoms with Crippen LogP contribution in [0.1, 0.15) is 41.6 Å². The van der Waals surface area contributed by atoms with Crippen molar-refractivity contribution in [3.8, 4) is 5.75 Å². The number of amides is 1. The molecule has 0 unspecified atom stereocenters. The van der Waals surface area contributed by atoms with Crippen molar-refractivity contribution in [2.24, 2.45) is 0 Å². The summed E-state index contributed by atoms with van der Waals surface area (Å²) in [6.45, 7) is 3.70. The van der Waals surface area contributed by atoms with Crippen LogP contribution in [-0.4, -0.2) is 36.0 Å². The number of likely N-dealkylation sites (tertiary alicyclic amines) is 1. The van der Waals surface area contributed by atoms with E-state index in [9.17, 15) is 4.79 Å². The molecule has 0 saturated carbocycles. The molecular formula is C20H25N3O2. The number of aryl methyl sites for hydroxylation is 1. The van der Waals surface area contributed by atoms with Gasteiger partial charge < -0.3 is 15.0 Å². The van der Waals surface area contributed by atoms with Crippen molar-refractivity contribution in [3.63, 3.8) is 0 Å². The van der Waals surface area contributed by atoms with Crippen LogP contribution in [0.25, 0.3) is 0 Å². The Bertz CT molecular complexity index is 737. The fourth-order valence-electron chi connectivity index (χ4n) is 3.16. The Hall–Kier alpha value is -2.56. The molecule has 5 heteroatoms. The van der Waals surface area contributed by atoms with Gasteiger partial charge in [0.1, 0.15) is 5.75 Å². The molecule has 0 bridgehead atoms. The van der Waals surface area contributed by atoms with E-state index in [1.54, 1.807) is 19.5 Å². The van der Waals surface area contributed by atoms with Gasteiger partial charge in [0.15, 0.2) is 0 Å². The van der Waals surface area contributed by atoms with Crippen LogP contribution in [0.2, 0.25) is 0 Å². The number of nitrogens with one attached hydrogen (secondary N) is 1. The Morgan fingerprint density at radius 3 is 2.60 bits per heavy atom. The summed E-state index contributed by atoms with van der Waals surface area (Å²) in [4.78, 5) is 19.0. The summed E-state index contributed by atoms with van der Waals surface area (Å²) in [5, 5.41) is 3.32. The van der Waals surface area contributed by atoms with Crippen LogP contribution in [0.15, 0.2) is 36.7 Å². The van der Waals surface area contributed by atoms with E-state index in [-0.39, 0.29) is 5.91 Å². The summed E-state index contributed by atoms with van der Waals surface area (Å²) in [5.41, 5.74) is 3.40. The third kappa shape index (κ3) is 4.29. The van der Waals surface area contributed by atoms with Crippen molar-refractivity contribution in [2.45, 2.75) is 32.6 Å². The Morgan fingerprint density at radius 1 is 1.12 bits per heavy atom. The van der Waals surface area contributed by atoms with E-state index in [2.05, 4.69) is 10.3 Å². The fraction of sp³-hybridized carbons (Fsp3) is 0.400. The van der Waals surface area contributed by atoms with E-state index in [1.807, 2.05) is 36.1 Å². The smallest absolute Gasteiger partial charge is 0.255 e. The minimum Gasteiger partial charge on any atom is -0.495 e. The normalized spacial score (nSPS) is 14.7. The van der Waals surface area contributed by atoms with Crippen LogP contribution in [0, 0.1) is 6.92 Å². The van der Waals surface area contributed by atoms with Gasteiger partial charge in [-0.25, -0.2) is 0 Å². The van der Waals surface area contributed by atoms with Gasteiger partial charge in [0, 0.05) is 19.3 Å². The molecule has 1 N–H and O–H groups in total. The predicted molar refractivity (Wildman–Crippen MR) is 99.6 cm³/mol. The Balaban J connectivity index is 1.79. The molecule has 2 heterocycles. The predicted octanol–water partition coefficient (Wildman–Crippen LogP) is 4.16. The average molecular weight is 339 g/mol. The highest BCUT2D eigenvalue weighted by atomic mass is 16.5. The maximum Gasteiger partial charge on any atom is 0.255 e. The number of hydrogen-bond donors (Lipinski definition) is 1. The zero-order valence-electron chi connectivity index (χ0n) is 14.9. The Morgan fingerprint density at radius 2 is 1.88 bits per heavy atom. The summed E-state index contributed by atoms with van der Waals surface area (Å²) in [6, 6.07) is 7.81. The molecule has 1 aliphatic heterocycles. The second-order valence-corrected chi connectivity index (χ2v) is 6.50. The largest absolute Gasteiger partial charge is 0.495 e. The molecule has 1 saturated heterocycles. The van der Waals surface area contributed by atoms with Gasteiger partial charge in [0.2, 0.25) is 0 Å². The highest BCUT2D eigenvalue weighted by Gasteiger charge is 2.18. The molecule has 0 spiro atoms. The van der Waals surface area contributed by atoms with Crippen molar-refractivity contribution >= 4 is 17.3 Å². The number of anilines is 2. The number of nitrogens with zero attached hydrogens (tertiary/aromatic N) is 2. The Labute approximate surface area is 149 Å². The van der Waals surface area contributed by atoms with E-state index in [0.29, 0.717) is 5.56 Å². The van der Waals surface area contributed by atoms with E-state index in [1.165, 1.54) is 12.8 Å². The van der Waals surface area contributed by atoms with Crippen molar-refractivity contribution in [1.29, 1.82) is 0 Å². The van der Waals surface area contributed by atoms with Gasteiger partial charge in [-0.2, -0.15) is 0 Å². The van der Waals surface area contributed by atoms with Gasteiger partial charge in [0.05, 0.1) is 30.2 Å². The van der Waals surface area contributed by atoms with Crippen LogP contribution in [-0.2, 0) is 0 Å². The van der Waals surface area contributed by atoms with Crippen molar-refractivity contribution in [3.05, 3.63) is 47.8 Å². The van der Waals surface area contributed by atoms with Gasteiger partial charge in [-0.15, -0.1) is 0 Å². The highest BCUT2D eigenvalue weighted by Crippen LogP contribution is 2.28. The van der Waals surface area contributed by atoms with Gasteiger partial charge in [-0.3, -0.25) is 9.78 Å². The first-order valence-electron chi connectivity index (χ1n) is 8.83. The lowest BCUT2D eigenvalue weighted by atomic mass is 10.2. The van der Waals surface area contributed by atoms with Crippen LogP contribution in [0.3, 0.4) is 0 Å². The molecular weight excluding hydrogens is 314 g/mol. The van der Waals surface area contributed by atoms with Gasteiger partial charge in [0.25, 0.3) is 5.91 Å². The molecule has 0 atom stereocenters. The second kappa shape index (κ2) is 8.01. The maximum atomic E-state index is 12.8. The molecule has 1 aromatic heterocycles. The topological polar surface area (TPSA) is 54.5 Å². The molecule has 1 fully saturated rings. The summed E-state index contributed by atoms with van der Waals surface area (Å²) < 4.78 is 5.40. The number of pyridine rings is 1. The van der Waals surface area contributed by atoms with Crippen molar-refractivity contribution in [2.75, 3.05) is 25.5 Å². The number of ether oxygens (including phenoxy) is 1. The third-order valence-corrected chi connectivity index (χ3v) is 4.51. The highest BCUT2D eigenvalue weighted by molar-refractivity contribution is 5.95. The molecule has 132 valence electrons. The first kappa shape index (κ1) is 17.3. The van der Waals surface area contributed by atoms with E-state index < -0.39 is 0 Å². The SMILES string of the molecule is COc1ccc(C)cc1Nc1cncc(C(=O)N2CCCCCC2)c1. The number of benzene rings is 1. The minimum absolute atomic E-state index is 0.0641. The fourth-order valence-corrected chi connectivity index (χ4v) is 3.16. The zero-order chi connectivity index (χ0) is 17.6. The molecule has 1 aliphatic rings. The second-order valence-electron chi connectivity index (χ2n) is 6.50. The van der Waals surface area contributed by atoms with Crippen molar-refractivity contribution in [1.82, 2.24) is 9.88 Å². The number of rotatable bonds is 4. The number of carbonyl (C=O) groups is 1. The van der Waals surface area contributed by atoms with E-state index >= 15 is 0 Å². The first-order chi connectivity index (χ1) is 12.2. The monoisotopic (exact) mass is 339 g/mol. The average Bonchev–Trinajstić information content (AvgIpc) is 2.91. The molecule has 1 amide bonds.